The van der Waals surface area contributed by atoms with Gasteiger partial charge in [0.2, 0.25) is 0 Å². The van der Waals surface area contributed by atoms with Gasteiger partial charge in [-0.3, -0.25) is 0 Å². The van der Waals surface area contributed by atoms with Gasteiger partial charge in [-0.15, -0.1) is 0 Å². The van der Waals surface area contributed by atoms with Crippen molar-refractivity contribution in [3.05, 3.63) is 28.2 Å². The molecule has 3 heteroatoms. The zero-order chi connectivity index (χ0) is 8.97. The zero-order valence-corrected chi connectivity index (χ0v) is 8.26. The van der Waals surface area contributed by atoms with E-state index in [1.807, 2.05) is 18.2 Å². The molecule has 0 aliphatic carbocycles. The summed E-state index contributed by atoms with van der Waals surface area (Å²) in [5, 5.41) is 8.51. The van der Waals surface area contributed by atoms with Gasteiger partial charge in [0.1, 0.15) is 5.75 Å². The first-order valence-corrected chi connectivity index (χ1v) is 4.26. The summed E-state index contributed by atoms with van der Waals surface area (Å²) in [5.74, 6) is 0.764. The van der Waals surface area contributed by atoms with E-state index >= 15 is 0 Å². The summed E-state index contributed by atoms with van der Waals surface area (Å²) in [6, 6.07) is 7.71. The average Bonchev–Trinajstić information content (AvgIpc) is 2.05. The van der Waals surface area contributed by atoms with E-state index in [0.717, 1.165) is 15.8 Å². The molecule has 1 rings (SSSR count). The van der Waals surface area contributed by atoms with Crippen LogP contribution in [0.15, 0.2) is 22.7 Å². The molecule has 0 amide bonds. The Morgan fingerprint density at radius 3 is 2.92 bits per heavy atom. The molecule has 1 aromatic rings. The highest BCUT2D eigenvalue weighted by Crippen LogP contribution is 2.22. The van der Waals surface area contributed by atoms with E-state index in [9.17, 15) is 0 Å². The minimum absolute atomic E-state index is 0.378. The van der Waals surface area contributed by atoms with Crippen molar-refractivity contribution >= 4 is 15.9 Å². The Balaban J connectivity index is 3.05. The minimum Gasteiger partial charge on any atom is -0.496 e. The summed E-state index contributed by atoms with van der Waals surface area (Å²) >= 11 is 3.33. The highest BCUT2D eigenvalue weighted by molar-refractivity contribution is 9.10. The van der Waals surface area contributed by atoms with E-state index in [1.165, 1.54) is 0 Å². The summed E-state index contributed by atoms with van der Waals surface area (Å²) in [6.45, 7) is 0. The van der Waals surface area contributed by atoms with Crippen molar-refractivity contribution in [1.29, 1.82) is 5.26 Å². The molecule has 0 saturated heterocycles. The van der Waals surface area contributed by atoms with E-state index in [-0.39, 0.29) is 0 Å². The minimum atomic E-state index is 0.378. The third-order valence-corrected chi connectivity index (χ3v) is 2.01. The predicted octanol–water partition coefficient (Wildman–Crippen LogP) is 2.52. The van der Waals surface area contributed by atoms with E-state index in [2.05, 4.69) is 22.0 Å². The highest BCUT2D eigenvalue weighted by atomic mass is 79.9. The third-order valence-electron chi connectivity index (χ3n) is 1.51. The van der Waals surface area contributed by atoms with Crippen molar-refractivity contribution in [2.24, 2.45) is 0 Å². The number of methoxy groups -OCH3 is 1. The molecule has 0 atom stereocenters. The first-order chi connectivity index (χ1) is 5.77. The largest absolute Gasteiger partial charge is 0.496 e. The molecule has 12 heavy (non-hydrogen) atoms. The van der Waals surface area contributed by atoms with E-state index < -0.39 is 0 Å². The molecule has 0 aliphatic rings. The van der Waals surface area contributed by atoms with E-state index in [0.29, 0.717) is 6.42 Å². The van der Waals surface area contributed by atoms with Crippen LogP contribution in [0, 0.1) is 11.3 Å². The number of hydrogen-bond donors (Lipinski definition) is 0. The quantitative estimate of drug-likeness (QED) is 0.776. The van der Waals surface area contributed by atoms with Gasteiger partial charge in [-0.05, 0) is 18.2 Å². The van der Waals surface area contributed by atoms with Crippen molar-refractivity contribution in [3.8, 4) is 11.8 Å². The molecule has 1 aromatic carbocycles. The topological polar surface area (TPSA) is 33.0 Å². The average molecular weight is 226 g/mol. The van der Waals surface area contributed by atoms with Crippen LogP contribution in [-0.2, 0) is 6.42 Å². The second kappa shape index (κ2) is 4.13. The molecule has 0 unspecified atom stereocenters. The second-order valence-electron chi connectivity index (χ2n) is 2.29. The fourth-order valence-corrected chi connectivity index (χ4v) is 1.38. The molecule has 0 aromatic heterocycles. The first kappa shape index (κ1) is 9.08. The van der Waals surface area contributed by atoms with Crippen molar-refractivity contribution in [2.75, 3.05) is 7.11 Å². The van der Waals surface area contributed by atoms with Crippen molar-refractivity contribution in [2.45, 2.75) is 6.42 Å². The van der Waals surface area contributed by atoms with Gasteiger partial charge in [0.05, 0.1) is 19.6 Å². The normalized spacial score (nSPS) is 9.08. The van der Waals surface area contributed by atoms with Crippen LogP contribution in [0.3, 0.4) is 0 Å². The van der Waals surface area contributed by atoms with Gasteiger partial charge < -0.3 is 4.74 Å². The van der Waals surface area contributed by atoms with Crippen molar-refractivity contribution < 1.29 is 4.74 Å². The van der Waals surface area contributed by atoms with Crippen LogP contribution < -0.4 is 4.74 Å². The lowest BCUT2D eigenvalue weighted by Crippen LogP contribution is -1.90. The van der Waals surface area contributed by atoms with E-state index in [1.54, 1.807) is 7.11 Å². The van der Waals surface area contributed by atoms with Crippen LogP contribution in [0.25, 0.3) is 0 Å². The molecular formula is C9H8BrNO. The van der Waals surface area contributed by atoms with Gasteiger partial charge in [0, 0.05) is 10.0 Å². The lowest BCUT2D eigenvalue weighted by molar-refractivity contribution is 0.410. The molecule has 0 N–H and O–H groups in total. The standard InChI is InChI=1S/C9H8BrNO/c1-12-9-3-2-8(10)6-7(9)4-5-11/h2-3,6H,4H2,1H3. The smallest absolute Gasteiger partial charge is 0.123 e. The molecule has 2 nitrogen and oxygen atoms in total. The van der Waals surface area contributed by atoms with Crippen LogP contribution in [0.5, 0.6) is 5.75 Å². The Morgan fingerprint density at radius 1 is 1.58 bits per heavy atom. The second-order valence-corrected chi connectivity index (χ2v) is 3.21. The van der Waals surface area contributed by atoms with Gasteiger partial charge in [0.15, 0.2) is 0 Å². The lowest BCUT2D eigenvalue weighted by Gasteiger charge is -2.04. The summed E-state index contributed by atoms with van der Waals surface area (Å²) < 4.78 is 6.05. The van der Waals surface area contributed by atoms with Gasteiger partial charge in [-0.1, -0.05) is 15.9 Å². The number of benzene rings is 1. The van der Waals surface area contributed by atoms with Crippen LogP contribution in [-0.4, -0.2) is 7.11 Å². The molecule has 0 fully saturated rings. The Bertz CT molecular complexity index is 317. The van der Waals surface area contributed by atoms with Crippen LogP contribution in [0.2, 0.25) is 0 Å². The highest BCUT2D eigenvalue weighted by Gasteiger charge is 2.01. The third kappa shape index (κ3) is 1.99. The maximum Gasteiger partial charge on any atom is 0.123 e. The van der Waals surface area contributed by atoms with Gasteiger partial charge in [-0.25, -0.2) is 0 Å². The molecule has 0 saturated carbocycles. The summed E-state index contributed by atoms with van der Waals surface area (Å²) in [7, 11) is 1.60. The van der Waals surface area contributed by atoms with Gasteiger partial charge in [0.25, 0.3) is 0 Å². The Hall–Kier alpha value is -1.01. The first-order valence-electron chi connectivity index (χ1n) is 3.47. The number of hydrogen-bond acceptors (Lipinski definition) is 2. The predicted molar refractivity (Wildman–Crippen MR) is 50.0 cm³/mol. The molecular weight excluding hydrogens is 218 g/mol. The number of ether oxygens (including phenoxy) is 1. The summed E-state index contributed by atoms with van der Waals surface area (Å²) in [6.07, 6.45) is 0.378. The number of halogens is 1. The van der Waals surface area contributed by atoms with Crippen LogP contribution >= 0.6 is 15.9 Å². The number of nitriles is 1. The number of rotatable bonds is 2. The van der Waals surface area contributed by atoms with E-state index in [4.69, 9.17) is 10.00 Å². The maximum absolute atomic E-state index is 8.51. The zero-order valence-electron chi connectivity index (χ0n) is 6.67. The molecule has 0 heterocycles. The Kier molecular flexibility index (Phi) is 3.12. The fraction of sp³-hybridized carbons (Fsp3) is 0.222. The summed E-state index contributed by atoms with van der Waals surface area (Å²) in [5.41, 5.74) is 0.911. The fourth-order valence-electron chi connectivity index (χ4n) is 0.970. The SMILES string of the molecule is COc1ccc(Br)cc1CC#N. The van der Waals surface area contributed by atoms with Crippen LogP contribution in [0.4, 0.5) is 0 Å². The summed E-state index contributed by atoms with van der Waals surface area (Å²) in [4.78, 5) is 0. The monoisotopic (exact) mass is 225 g/mol. The van der Waals surface area contributed by atoms with Crippen molar-refractivity contribution in [3.63, 3.8) is 0 Å². The van der Waals surface area contributed by atoms with Crippen LogP contribution in [0.1, 0.15) is 5.56 Å². The maximum atomic E-state index is 8.51. The lowest BCUT2D eigenvalue weighted by atomic mass is 10.1. The molecule has 0 radical (unpaired) electrons. The van der Waals surface area contributed by atoms with Gasteiger partial charge in [-0.2, -0.15) is 5.26 Å². The Morgan fingerprint density at radius 2 is 2.33 bits per heavy atom. The molecule has 0 spiro atoms. The molecule has 0 aliphatic heterocycles. The molecule has 0 bridgehead atoms. The van der Waals surface area contributed by atoms with Gasteiger partial charge >= 0.3 is 0 Å². The molecule has 62 valence electrons. The number of nitrogens with zero attached hydrogens (tertiary/aromatic N) is 1. The Labute approximate surface area is 79.9 Å². The van der Waals surface area contributed by atoms with Crippen molar-refractivity contribution in [1.82, 2.24) is 0 Å².